The van der Waals surface area contributed by atoms with E-state index in [9.17, 15) is 18.0 Å². The molecular weight excluding hydrogens is 409 g/mol. The van der Waals surface area contributed by atoms with Crippen LogP contribution in [0, 0.1) is 6.92 Å². The van der Waals surface area contributed by atoms with Crippen molar-refractivity contribution >= 4 is 18.1 Å². The number of aliphatic carboxylic acids is 1. The van der Waals surface area contributed by atoms with Crippen molar-refractivity contribution in [3.63, 3.8) is 0 Å². The molecule has 0 atom stereocenters. The number of furan rings is 1. The lowest BCUT2D eigenvalue weighted by Crippen LogP contribution is -2.37. The Bertz CT molecular complexity index is 1090. The minimum absolute atomic E-state index is 0.439. The largest absolute Gasteiger partial charge is 0.478 e. The van der Waals surface area contributed by atoms with E-state index in [2.05, 4.69) is 0 Å². The summed E-state index contributed by atoms with van der Waals surface area (Å²) in [6, 6.07) is 13.5. The number of carbonyl (C=O) groups is 1. The van der Waals surface area contributed by atoms with Crippen LogP contribution in [0.1, 0.15) is 36.3 Å². The van der Waals surface area contributed by atoms with Crippen molar-refractivity contribution in [2.45, 2.75) is 32.5 Å². The second-order valence-electron chi connectivity index (χ2n) is 7.52. The third kappa shape index (κ3) is 5.36. The molecule has 0 bridgehead atoms. The maximum Gasteiger partial charge on any atom is 0.416 e. The van der Waals surface area contributed by atoms with Crippen LogP contribution in [-0.2, 0) is 11.0 Å². The molecule has 1 N–H and O–H groups in total. The van der Waals surface area contributed by atoms with Crippen molar-refractivity contribution in [3.8, 4) is 17.1 Å². The van der Waals surface area contributed by atoms with E-state index in [4.69, 9.17) is 14.3 Å². The predicted octanol–water partition coefficient (Wildman–Crippen LogP) is 6.69. The smallest absolute Gasteiger partial charge is 0.416 e. The average Bonchev–Trinajstić information content (AvgIpc) is 3.07. The summed E-state index contributed by atoms with van der Waals surface area (Å²) in [6.07, 6.45) is -0.695. The molecule has 0 spiro atoms. The highest BCUT2D eigenvalue weighted by Crippen LogP contribution is 2.32. The lowest BCUT2D eigenvalue weighted by Gasteiger charge is -2.21. The van der Waals surface area contributed by atoms with Crippen LogP contribution in [0.2, 0.25) is 0 Å². The monoisotopic (exact) mass is 430 g/mol. The third-order valence-corrected chi connectivity index (χ3v) is 4.68. The van der Waals surface area contributed by atoms with Gasteiger partial charge in [-0.05, 0) is 56.7 Å². The van der Waals surface area contributed by atoms with Gasteiger partial charge in [-0.3, -0.25) is 0 Å². The van der Waals surface area contributed by atoms with Crippen LogP contribution in [0.5, 0.6) is 5.75 Å². The quantitative estimate of drug-likeness (QED) is 0.474. The molecule has 0 aliphatic rings. The van der Waals surface area contributed by atoms with Gasteiger partial charge in [0.25, 0.3) is 0 Å². The minimum Gasteiger partial charge on any atom is -0.478 e. The highest BCUT2D eigenvalue weighted by molar-refractivity contribution is 5.77. The molecule has 4 nitrogen and oxygen atoms in total. The molecule has 3 aromatic rings. The van der Waals surface area contributed by atoms with Gasteiger partial charge in [0.05, 0.1) is 5.56 Å². The number of halogens is 3. The van der Waals surface area contributed by atoms with Gasteiger partial charge in [-0.25, -0.2) is 4.79 Å². The molecule has 2 aromatic carbocycles. The molecule has 1 aromatic heterocycles. The Hall–Kier alpha value is -3.48. The van der Waals surface area contributed by atoms with E-state index in [0.717, 1.165) is 23.3 Å². The van der Waals surface area contributed by atoms with Gasteiger partial charge in [-0.1, -0.05) is 36.4 Å². The van der Waals surface area contributed by atoms with Gasteiger partial charge < -0.3 is 14.3 Å². The normalized spacial score (nSPS) is 12.3. The second-order valence-corrected chi connectivity index (χ2v) is 7.52. The Morgan fingerprint density at radius 3 is 2.16 bits per heavy atom. The Morgan fingerprint density at radius 2 is 1.61 bits per heavy atom. The molecule has 1 heterocycles. The van der Waals surface area contributed by atoms with Gasteiger partial charge in [0.15, 0.2) is 5.60 Å². The van der Waals surface area contributed by atoms with E-state index in [-0.39, 0.29) is 0 Å². The standard InChI is InChI=1S/C24H21F3O4/c1-15-18(14-21(30-15)17-8-10-19(11-9-17)24(25,26)27)7-4-16-5-12-20(13-6-16)31-23(2,3)22(28)29/h4-14H,1-3H3,(H,28,29)/b7-4+. The number of ether oxygens (including phenoxy) is 1. The van der Waals surface area contributed by atoms with Gasteiger partial charge in [0, 0.05) is 11.1 Å². The van der Waals surface area contributed by atoms with Crippen molar-refractivity contribution in [3.05, 3.63) is 77.0 Å². The van der Waals surface area contributed by atoms with Gasteiger partial charge in [-0.2, -0.15) is 13.2 Å². The lowest BCUT2D eigenvalue weighted by atomic mass is 10.1. The van der Waals surface area contributed by atoms with Crippen LogP contribution >= 0.6 is 0 Å². The highest BCUT2D eigenvalue weighted by Gasteiger charge is 2.30. The van der Waals surface area contributed by atoms with Crippen LogP contribution in [0.25, 0.3) is 23.5 Å². The Kier molecular flexibility index (Phi) is 5.97. The van der Waals surface area contributed by atoms with Crippen molar-refractivity contribution in [1.82, 2.24) is 0 Å². The zero-order valence-electron chi connectivity index (χ0n) is 17.2. The summed E-state index contributed by atoms with van der Waals surface area (Å²) < 4.78 is 49.4. The van der Waals surface area contributed by atoms with Crippen molar-refractivity contribution in [2.24, 2.45) is 0 Å². The van der Waals surface area contributed by atoms with Crippen molar-refractivity contribution in [2.75, 3.05) is 0 Å². The van der Waals surface area contributed by atoms with Crippen LogP contribution in [0.3, 0.4) is 0 Å². The predicted molar refractivity (Wildman–Crippen MR) is 112 cm³/mol. The SMILES string of the molecule is Cc1oc(-c2ccc(C(F)(F)F)cc2)cc1/C=C/c1ccc(OC(C)(C)C(=O)O)cc1. The molecule has 0 amide bonds. The van der Waals surface area contributed by atoms with E-state index >= 15 is 0 Å². The number of hydrogen-bond acceptors (Lipinski definition) is 3. The molecule has 0 saturated heterocycles. The van der Waals surface area contributed by atoms with Crippen molar-refractivity contribution < 1.29 is 32.2 Å². The zero-order valence-corrected chi connectivity index (χ0v) is 17.2. The molecule has 0 radical (unpaired) electrons. The topological polar surface area (TPSA) is 59.7 Å². The van der Waals surface area contributed by atoms with E-state index in [1.807, 2.05) is 12.2 Å². The average molecular weight is 430 g/mol. The fraction of sp³-hybridized carbons (Fsp3) is 0.208. The molecule has 7 heteroatoms. The number of carboxylic acid groups (broad SMARTS) is 1. The summed E-state index contributed by atoms with van der Waals surface area (Å²) in [7, 11) is 0. The van der Waals surface area contributed by atoms with E-state index in [0.29, 0.717) is 22.8 Å². The first kappa shape index (κ1) is 22.2. The van der Waals surface area contributed by atoms with Crippen molar-refractivity contribution in [1.29, 1.82) is 0 Å². The minimum atomic E-state index is -4.38. The number of benzene rings is 2. The Labute approximate surface area is 177 Å². The molecule has 0 aliphatic carbocycles. The molecule has 3 rings (SSSR count). The summed E-state index contributed by atoms with van der Waals surface area (Å²) in [5.41, 5.74) is 0.163. The number of alkyl halides is 3. The van der Waals surface area contributed by atoms with E-state index < -0.39 is 23.3 Å². The van der Waals surface area contributed by atoms with Crippen LogP contribution < -0.4 is 4.74 Å². The third-order valence-electron chi connectivity index (χ3n) is 4.68. The van der Waals surface area contributed by atoms with Gasteiger partial charge in [0.2, 0.25) is 0 Å². The molecular formula is C24H21F3O4. The summed E-state index contributed by atoms with van der Waals surface area (Å²) in [5, 5.41) is 9.13. The number of hydrogen-bond donors (Lipinski definition) is 1. The number of carboxylic acids is 1. The van der Waals surface area contributed by atoms with Gasteiger partial charge in [-0.15, -0.1) is 0 Å². The zero-order chi connectivity index (χ0) is 22.8. The maximum atomic E-state index is 12.7. The van der Waals surface area contributed by atoms with Crippen LogP contribution in [0.4, 0.5) is 13.2 Å². The summed E-state index contributed by atoms with van der Waals surface area (Å²) in [4.78, 5) is 11.2. The fourth-order valence-electron chi connectivity index (χ4n) is 2.80. The van der Waals surface area contributed by atoms with Gasteiger partial charge in [0.1, 0.15) is 17.3 Å². The summed E-state index contributed by atoms with van der Waals surface area (Å²) >= 11 is 0. The Balaban J connectivity index is 1.73. The summed E-state index contributed by atoms with van der Waals surface area (Å²) in [6.45, 7) is 4.72. The van der Waals surface area contributed by atoms with E-state index in [1.54, 1.807) is 37.3 Å². The number of aryl methyl sites for hydroxylation is 1. The second kappa shape index (κ2) is 8.34. The summed E-state index contributed by atoms with van der Waals surface area (Å²) in [5.74, 6) is 0.490. The van der Waals surface area contributed by atoms with Crippen LogP contribution in [-0.4, -0.2) is 16.7 Å². The molecule has 0 saturated carbocycles. The fourth-order valence-corrected chi connectivity index (χ4v) is 2.80. The lowest BCUT2D eigenvalue weighted by molar-refractivity contribution is -0.152. The first-order valence-corrected chi connectivity index (χ1v) is 9.44. The molecule has 162 valence electrons. The molecule has 0 fully saturated rings. The van der Waals surface area contributed by atoms with Gasteiger partial charge >= 0.3 is 12.1 Å². The first-order valence-electron chi connectivity index (χ1n) is 9.44. The maximum absolute atomic E-state index is 12.7. The number of rotatable bonds is 6. The Morgan fingerprint density at radius 1 is 1.00 bits per heavy atom. The first-order chi connectivity index (χ1) is 14.5. The van der Waals surface area contributed by atoms with E-state index in [1.165, 1.54) is 26.0 Å². The molecule has 0 unspecified atom stereocenters. The van der Waals surface area contributed by atoms with Crippen LogP contribution in [0.15, 0.2) is 59.0 Å². The molecule has 31 heavy (non-hydrogen) atoms. The highest BCUT2D eigenvalue weighted by atomic mass is 19.4. The molecule has 0 aliphatic heterocycles.